The van der Waals surface area contributed by atoms with Crippen molar-refractivity contribution in [1.82, 2.24) is 9.97 Å². The molecule has 4 heterocycles. The van der Waals surface area contributed by atoms with E-state index in [4.69, 9.17) is 26.5 Å². The summed E-state index contributed by atoms with van der Waals surface area (Å²) >= 11 is 7.67. The fraction of sp³-hybridized carbons (Fsp3) is 0.368. The molecule has 3 aromatic heterocycles. The lowest BCUT2D eigenvalue weighted by molar-refractivity contribution is 0.00226. The second kappa shape index (κ2) is 8.47. The van der Waals surface area contributed by atoms with E-state index >= 15 is 0 Å². The van der Waals surface area contributed by atoms with Crippen molar-refractivity contribution >= 4 is 39.0 Å². The molecule has 1 fully saturated rings. The second-order valence-electron chi connectivity index (χ2n) is 6.35. The molecule has 0 bridgehead atoms. The Morgan fingerprint density at radius 3 is 3.07 bits per heavy atom. The van der Waals surface area contributed by atoms with Gasteiger partial charge in [0.1, 0.15) is 29.8 Å². The van der Waals surface area contributed by atoms with E-state index in [0.29, 0.717) is 30.0 Å². The van der Waals surface area contributed by atoms with E-state index in [1.54, 1.807) is 6.26 Å². The Bertz CT molecular complexity index is 1030. The van der Waals surface area contributed by atoms with Crippen LogP contribution in [0.3, 0.4) is 0 Å². The highest BCUT2D eigenvalue weighted by atomic mass is 35.5. The molecule has 0 unspecified atom stereocenters. The number of rotatable bonds is 4. The summed E-state index contributed by atoms with van der Waals surface area (Å²) in [5, 5.41) is 12.5. The molecule has 1 aliphatic rings. The van der Waals surface area contributed by atoms with Gasteiger partial charge >= 0.3 is 0 Å². The fourth-order valence-electron chi connectivity index (χ4n) is 3.19. The van der Waals surface area contributed by atoms with E-state index in [9.17, 15) is 5.11 Å². The van der Waals surface area contributed by atoms with Crippen LogP contribution in [0.1, 0.15) is 35.1 Å². The molecule has 1 saturated heterocycles. The van der Waals surface area contributed by atoms with E-state index in [-0.39, 0.29) is 24.0 Å². The van der Waals surface area contributed by atoms with Crippen LogP contribution in [-0.4, -0.2) is 34.3 Å². The van der Waals surface area contributed by atoms with Crippen molar-refractivity contribution in [3.05, 3.63) is 39.9 Å². The number of hydrogen-bond acceptors (Lipinski definition) is 8. The number of ether oxygens (including phenoxy) is 1. The zero-order chi connectivity index (χ0) is 19.5. The predicted molar refractivity (Wildman–Crippen MR) is 108 cm³/mol. The van der Waals surface area contributed by atoms with Crippen LogP contribution in [0.25, 0.3) is 10.2 Å². The zero-order valence-corrected chi connectivity index (χ0v) is 16.5. The molecule has 4 rings (SSSR count). The van der Waals surface area contributed by atoms with Gasteiger partial charge in [-0.05, 0) is 36.6 Å². The molecule has 0 spiro atoms. The highest BCUT2D eigenvalue weighted by Crippen LogP contribution is 2.41. The summed E-state index contributed by atoms with van der Waals surface area (Å²) in [4.78, 5) is 9.63. The van der Waals surface area contributed by atoms with E-state index in [0.717, 1.165) is 28.2 Å². The summed E-state index contributed by atoms with van der Waals surface area (Å²) in [5.41, 5.74) is 7.63. The lowest BCUT2D eigenvalue weighted by Crippen LogP contribution is -2.34. The van der Waals surface area contributed by atoms with Crippen LogP contribution in [0.2, 0.25) is 5.28 Å². The third-order valence-corrected chi connectivity index (χ3v) is 5.88. The lowest BCUT2D eigenvalue weighted by Gasteiger charge is -2.28. The average molecular weight is 419 g/mol. The highest BCUT2D eigenvalue weighted by molar-refractivity contribution is 7.20. The highest BCUT2D eigenvalue weighted by Gasteiger charge is 2.30. The molecule has 9 heteroatoms. The molecule has 4 N–H and O–H groups in total. The minimum atomic E-state index is -0.271. The first-order chi connectivity index (χ1) is 13.7. The van der Waals surface area contributed by atoms with Crippen LogP contribution < -0.4 is 11.1 Å². The Labute approximate surface area is 170 Å². The van der Waals surface area contributed by atoms with Crippen molar-refractivity contribution in [2.45, 2.75) is 31.5 Å². The first-order valence-electron chi connectivity index (χ1n) is 8.90. The van der Waals surface area contributed by atoms with Gasteiger partial charge in [0.05, 0.1) is 27.9 Å². The molecule has 0 saturated carbocycles. The maximum Gasteiger partial charge on any atom is 0.225 e. The van der Waals surface area contributed by atoms with Crippen LogP contribution >= 0.6 is 22.9 Å². The first-order valence-corrected chi connectivity index (χ1v) is 10.1. The second-order valence-corrected chi connectivity index (χ2v) is 7.74. The van der Waals surface area contributed by atoms with Crippen molar-refractivity contribution in [2.75, 3.05) is 18.5 Å². The van der Waals surface area contributed by atoms with Crippen LogP contribution in [0, 0.1) is 11.8 Å². The van der Waals surface area contributed by atoms with Gasteiger partial charge in [-0.3, -0.25) is 0 Å². The summed E-state index contributed by atoms with van der Waals surface area (Å²) in [6.07, 6.45) is 3.16. The largest absolute Gasteiger partial charge is 0.467 e. The summed E-state index contributed by atoms with van der Waals surface area (Å²) in [5.74, 6) is 7.09. The number of nitrogens with two attached hydrogens (primary N) is 1. The van der Waals surface area contributed by atoms with Gasteiger partial charge in [0.2, 0.25) is 5.28 Å². The predicted octanol–water partition coefficient (Wildman–Crippen LogP) is 3.07. The van der Waals surface area contributed by atoms with Crippen molar-refractivity contribution in [1.29, 1.82) is 0 Å². The SMILES string of the molecule is N[C@@H]1CCCO[C@H]1c1sc2c(NCc3ccco3)nc(Cl)nc2c1C#CCO. The summed E-state index contributed by atoms with van der Waals surface area (Å²) in [6.45, 7) is 0.853. The first kappa shape index (κ1) is 19.2. The number of anilines is 1. The molecule has 0 amide bonds. The van der Waals surface area contributed by atoms with Gasteiger partial charge in [-0.1, -0.05) is 11.8 Å². The smallest absolute Gasteiger partial charge is 0.225 e. The van der Waals surface area contributed by atoms with Crippen LogP contribution in [0.4, 0.5) is 5.82 Å². The van der Waals surface area contributed by atoms with Crippen molar-refractivity contribution in [2.24, 2.45) is 5.73 Å². The van der Waals surface area contributed by atoms with Gasteiger partial charge in [-0.15, -0.1) is 11.3 Å². The summed E-state index contributed by atoms with van der Waals surface area (Å²) in [7, 11) is 0. The molecule has 3 aromatic rings. The van der Waals surface area contributed by atoms with Gasteiger partial charge in [-0.25, -0.2) is 4.98 Å². The van der Waals surface area contributed by atoms with E-state index in [1.807, 2.05) is 12.1 Å². The van der Waals surface area contributed by atoms with Gasteiger partial charge < -0.3 is 25.3 Å². The third kappa shape index (κ3) is 3.85. The Morgan fingerprint density at radius 2 is 2.32 bits per heavy atom. The maximum absolute atomic E-state index is 9.18. The molecule has 28 heavy (non-hydrogen) atoms. The van der Waals surface area contributed by atoms with Gasteiger partial charge in [-0.2, -0.15) is 4.98 Å². The number of nitrogens with one attached hydrogen (secondary N) is 1. The Balaban J connectivity index is 1.80. The average Bonchev–Trinajstić information content (AvgIpc) is 3.33. The summed E-state index contributed by atoms with van der Waals surface area (Å²) < 4.78 is 12.1. The number of aliphatic hydroxyl groups is 1. The van der Waals surface area contributed by atoms with Crippen molar-refractivity contribution < 1.29 is 14.3 Å². The van der Waals surface area contributed by atoms with E-state index in [1.165, 1.54) is 11.3 Å². The third-order valence-electron chi connectivity index (χ3n) is 4.46. The lowest BCUT2D eigenvalue weighted by atomic mass is 10.00. The zero-order valence-electron chi connectivity index (χ0n) is 14.9. The number of hydrogen-bond donors (Lipinski definition) is 3. The van der Waals surface area contributed by atoms with Crippen LogP contribution in [0.15, 0.2) is 22.8 Å². The number of nitrogens with zero attached hydrogens (tertiary/aromatic N) is 2. The Morgan fingerprint density at radius 1 is 1.43 bits per heavy atom. The molecule has 1 aliphatic heterocycles. The fourth-order valence-corrected chi connectivity index (χ4v) is 4.65. The van der Waals surface area contributed by atoms with Crippen LogP contribution in [0.5, 0.6) is 0 Å². The van der Waals surface area contributed by atoms with Crippen molar-refractivity contribution in [3.8, 4) is 11.8 Å². The monoisotopic (exact) mass is 418 g/mol. The van der Waals surface area contributed by atoms with E-state index < -0.39 is 0 Å². The number of aliphatic hydroxyl groups excluding tert-OH is 1. The summed E-state index contributed by atoms with van der Waals surface area (Å²) in [6, 6.07) is 3.58. The molecule has 0 aromatic carbocycles. The normalized spacial score (nSPS) is 19.4. The number of aromatic nitrogens is 2. The topological polar surface area (TPSA) is 106 Å². The number of thiophene rings is 1. The minimum Gasteiger partial charge on any atom is -0.467 e. The standard InChI is InChI=1S/C19H19ClN4O3S/c20-19-23-14-12(5-1-7-25)16(15-13(21)6-3-9-27-15)28-17(14)18(24-19)22-10-11-4-2-8-26-11/h2,4,8,13,15,25H,3,6-7,9-10,21H2,(H,22,23,24)/t13-,15-/m1/s1. The van der Waals surface area contributed by atoms with Gasteiger partial charge in [0.25, 0.3) is 0 Å². The van der Waals surface area contributed by atoms with Crippen LogP contribution in [-0.2, 0) is 11.3 Å². The Hall–Kier alpha value is -2.15. The molecule has 146 valence electrons. The molecular weight excluding hydrogens is 400 g/mol. The van der Waals surface area contributed by atoms with Gasteiger partial charge in [0, 0.05) is 12.6 Å². The van der Waals surface area contributed by atoms with E-state index in [2.05, 4.69) is 27.1 Å². The maximum atomic E-state index is 9.18. The quantitative estimate of drug-likeness (QED) is 0.441. The number of furan rings is 1. The molecule has 7 nitrogen and oxygen atoms in total. The Kier molecular flexibility index (Phi) is 5.80. The molecule has 0 radical (unpaired) electrons. The minimum absolute atomic E-state index is 0.111. The molecule has 0 aliphatic carbocycles. The number of halogens is 1. The molecular formula is C19H19ClN4O3S. The molecule has 2 atom stereocenters. The number of fused-ring (bicyclic) bond motifs is 1. The van der Waals surface area contributed by atoms with Crippen molar-refractivity contribution in [3.63, 3.8) is 0 Å². The van der Waals surface area contributed by atoms with Gasteiger partial charge in [0.15, 0.2) is 0 Å².